The van der Waals surface area contributed by atoms with Crippen LogP contribution in [0, 0.1) is 5.82 Å². The minimum Gasteiger partial charge on any atom is -0.494 e. The van der Waals surface area contributed by atoms with Crippen molar-refractivity contribution in [2.45, 2.75) is 5.38 Å². The number of benzene rings is 1. The number of thiophene rings is 1. The summed E-state index contributed by atoms with van der Waals surface area (Å²) in [5, 5.41) is 2.02. The summed E-state index contributed by atoms with van der Waals surface area (Å²) in [5.41, 5.74) is 0.661. The van der Waals surface area contributed by atoms with Crippen LogP contribution in [0.5, 0.6) is 5.75 Å². The molecule has 0 saturated carbocycles. The standard InChI is InChI=1S/C12H9Cl2FOS/c1-16-10-3-2-7(6-9(10)15)11(14)12-8(13)4-5-17-12/h2-6,11H,1H3. The smallest absolute Gasteiger partial charge is 0.165 e. The SMILES string of the molecule is COc1ccc(C(Cl)c2sccc2Cl)cc1F. The van der Waals surface area contributed by atoms with E-state index in [2.05, 4.69) is 0 Å². The lowest BCUT2D eigenvalue weighted by atomic mass is 10.1. The molecule has 0 aliphatic heterocycles. The molecule has 0 radical (unpaired) electrons. The van der Waals surface area contributed by atoms with Crippen LogP contribution in [0.2, 0.25) is 5.02 Å². The zero-order valence-corrected chi connectivity index (χ0v) is 11.2. The molecule has 0 aliphatic rings. The van der Waals surface area contributed by atoms with Gasteiger partial charge in [-0.05, 0) is 29.1 Å². The Hall–Kier alpha value is -0.770. The van der Waals surface area contributed by atoms with Crippen LogP contribution in [0.25, 0.3) is 0 Å². The molecule has 0 amide bonds. The van der Waals surface area contributed by atoms with Gasteiger partial charge in [-0.2, -0.15) is 0 Å². The predicted molar refractivity (Wildman–Crippen MR) is 70.0 cm³/mol. The minimum atomic E-state index is -0.442. The van der Waals surface area contributed by atoms with Gasteiger partial charge in [0.2, 0.25) is 0 Å². The average molecular weight is 291 g/mol. The fourth-order valence-electron chi connectivity index (χ4n) is 1.48. The lowest BCUT2D eigenvalue weighted by Gasteiger charge is -2.10. The molecule has 17 heavy (non-hydrogen) atoms. The lowest BCUT2D eigenvalue weighted by Crippen LogP contribution is -1.94. The molecule has 0 spiro atoms. The van der Waals surface area contributed by atoms with E-state index in [1.807, 2.05) is 5.38 Å². The van der Waals surface area contributed by atoms with Crippen LogP contribution in [0.4, 0.5) is 4.39 Å². The second-order valence-electron chi connectivity index (χ2n) is 3.39. The molecule has 0 bridgehead atoms. The van der Waals surface area contributed by atoms with Crippen LogP contribution in [0.15, 0.2) is 29.6 Å². The van der Waals surface area contributed by atoms with Gasteiger partial charge in [0.1, 0.15) is 0 Å². The van der Waals surface area contributed by atoms with Gasteiger partial charge in [0, 0.05) is 4.88 Å². The Bertz CT molecular complexity index is 527. The summed E-state index contributed by atoms with van der Waals surface area (Å²) in [5.74, 6) is -0.224. The Morgan fingerprint density at radius 3 is 2.65 bits per heavy atom. The predicted octanol–water partition coefficient (Wildman–Crippen LogP) is 4.88. The zero-order valence-electron chi connectivity index (χ0n) is 8.91. The van der Waals surface area contributed by atoms with Crippen LogP contribution in [0.1, 0.15) is 15.8 Å². The number of hydrogen-bond acceptors (Lipinski definition) is 2. The fourth-order valence-corrected chi connectivity index (χ4v) is 3.11. The molecule has 1 unspecified atom stereocenters. The Morgan fingerprint density at radius 1 is 1.35 bits per heavy atom. The molecular weight excluding hydrogens is 282 g/mol. The zero-order chi connectivity index (χ0) is 12.4. The third-order valence-corrected chi connectivity index (χ3v) is 4.37. The van der Waals surface area contributed by atoms with Crippen LogP contribution >= 0.6 is 34.5 Å². The van der Waals surface area contributed by atoms with Crippen molar-refractivity contribution in [3.8, 4) is 5.75 Å². The normalized spacial score (nSPS) is 12.5. The van der Waals surface area contributed by atoms with Gasteiger partial charge >= 0.3 is 0 Å². The van der Waals surface area contributed by atoms with E-state index < -0.39 is 11.2 Å². The molecule has 1 aromatic carbocycles. The van der Waals surface area contributed by atoms with Crippen LogP contribution in [0.3, 0.4) is 0 Å². The van der Waals surface area contributed by atoms with E-state index in [-0.39, 0.29) is 5.75 Å². The third-order valence-electron chi connectivity index (χ3n) is 2.34. The maximum absolute atomic E-state index is 13.5. The van der Waals surface area contributed by atoms with E-state index in [0.29, 0.717) is 10.6 Å². The first kappa shape index (κ1) is 12.7. The number of alkyl halides is 1. The summed E-state index contributed by atoms with van der Waals surface area (Å²) in [6, 6.07) is 6.43. The summed E-state index contributed by atoms with van der Waals surface area (Å²) in [6.45, 7) is 0. The molecule has 1 aromatic heterocycles. The molecule has 0 fully saturated rings. The van der Waals surface area contributed by atoms with Gasteiger partial charge in [0.05, 0.1) is 17.5 Å². The van der Waals surface area contributed by atoms with Crippen LogP contribution in [-0.2, 0) is 0 Å². The van der Waals surface area contributed by atoms with Crippen molar-refractivity contribution in [2.75, 3.05) is 7.11 Å². The van der Waals surface area contributed by atoms with Crippen molar-refractivity contribution in [3.05, 3.63) is 50.9 Å². The highest BCUT2D eigenvalue weighted by atomic mass is 35.5. The molecule has 2 rings (SSSR count). The second-order valence-corrected chi connectivity index (χ2v) is 5.18. The maximum Gasteiger partial charge on any atom is 0.165 e. The molecule has 1 atom stereocenters. The van der Waals surface area contributed by atoms with Gasteiger partial charge < -0.3 is 4.74 Å². The maximum atomic E-state index is 13.5. The topological polar surface area (TPSA) is 9.23 Å². The molecule has 2 aromatic rings. The number of ether oxygens (including phenoxy) is 1. The number of rotatable bonds is 3. The monoisotopic (exact) mass is 290 g/mol. The molecule has 0 aliphatic carbocycles. The van der Waals surface area contributed by atoms with Gasteiger partial charge in [-0.25, -0.2) is 4.39 Å². The summed E-state index contributed by atoms with van der Waals surface area (Å²) >= 11 is 13.7. The summed E-state index contributed by atoms with van der Waals surface area (Å²) in [4.78, 5) is 0.818. The second kappa shape index (κ2) is 5.25. The molecule has 0 saturated heterocycles. The minimum absolute atomic E-state index is 0.204. The first-order valence-electron chi connectivity index (χ1n) is 4.84. The van der Waals surface area contributed by atoms with Gasteiger partial charge in [-0.15, -0.1) is 22.9 Å². The van der Waals surface area contributed by atoms with Crippen molar-refractivity contribution in [3.63, 3.8) is 0 Å². The molecule has 1 heterocycles. The molecule has 5 heteroatoms. The van der Waals surface area contributed by atoms with Crippen molar-refractivity contribution < 1.29 is 9.13 Å². The summed E-state index contributed by atoms with van der Waals surface area (Å²) in [6.07, 6.45) is 0. The Labute approximate surface area is 113 Å². The van der Waals surface area contributed by atoms with Crippen molar-refractivity contribution >= 4 is 34.5 Å². The highest BCUT2D eigenvalue weighted by Gasteiger charge is 2.17. The molecule has 1 nitrogen and oxygen atoms in total. The quantitative estimate of drug-likeness (QED) is 0.732. The van der Waals surface area contributed by atoms with E-state index >= 15 is 0 Å². The van der Waals surface area contributed by atoms with E-state index in [1.54, 1.807) is 18.2 Å². The van der Waals surface area contributed by atoms with E-state index in [1.165, 1.54) is 24.5 Å². The molecule has 0 N–H and O–H groups in total. The number of halogens is 3. The molecular formula is C12H9Cl2FOS. The van der Waals surface area contributed by atoms with Gasteiger partial charge in [-0.3, -0.25) is 0 Å². The third kappa shape index (κ3) is 2.57. The number of hydrogen-bond donors (Lipinski definition) is 0. The Kier molecular flexibility index (Phi) is 3.92. The number of methoxy groups -OCH3 is 1. The summed E-state index contributed by atoms with van der Waals surface area (Å²) < 4.78 is 18.4. The van der Waals surface area contributed by atoms with E-state index in [4.69, 9.17) is 27.9 Å². The van der Waals surface area contributed by atoms with Gasteiger partial charge in [0.25, 0.3) is 0 Å². The van der Waals surface area contributed by atoms with E-state index in [9.17, 15) is 4.39 Å². The highest BCUT2D eigenvalue weighted by molar-refractivity contribution is 7.11. The van der Waals surface area contributed by atoms with E-state index in [0.717, 1.165) is 4.88 Å². The summed E-state index contributed by atoms with van der Waals surface area (Å²) in [7, 11) is 1.42. The Balaban J connectivity index is 2.35. The van der Waals surface area contributed by atoms with Gasteiger partial charge in [-0.1, -0.05) is 17.7 Å². The first-order chi connectivity index (χ1) is 8.13. The van der Waals surface area contributed by atoms with Gasteiger partial charge in [0.15, 0.2) is 11.6 Å². The van der Waals surface area contributed by atoms with Crippen LogP contribution in [-0.4, -0.2) is 7.11 Å². The lowest BCUT2D eigenvalue weighted by molar-refractivity contribution is 0.386. The Morgan fingerprint density at radius 2 is 2.12 bits per heavy atom. The highest BCUT2D eigenvalue weighted by Crippen LogP contribution is 2.38. The van der Waals surface area contributed by atoms with Crippen molar-refractivity contribution in [1.29, 1.82) is 0 Å². The largest absolute Gasteiger partial charge is 0.494 e. The van der Waals surface area contributed by atoms with Crippen LogP contribution < -0.4 is 4.74 Å². The molecule has 90 valence electrons. The van der Waals surface area contributed by atoms with Crippen molar-refractivity contribution in [1.82, 2.24) is 0 Å². The average Bonchev–Trinajstić information content (AvgIpc) is 2.74. The fraction of sp³-hybridized carbons (Fsp3) is 0.167. The van der Waals surface area contributed by atoms with Crippen molar-refractivity contribution in [2.24, 2.45) is 0 Å². The first-order valence-corrected chi connectivity index (χ1v) is 6.53.